The summed E-state index contributed by atoms with van der Waals surface area (Å²) in [6.07, 6.45) is 5.95. The molecule has 0 aliphatic heterocycles. The lowest BCUT2D eigenvalue weighted by Gasteiger charge is -2.21. The molecule has 0 amide bonds. The highest BCUT2D eigenvalue weighted by Crippen LogP contribution is 2.30. The van der Waals surface area contributed by atoms with E-state index in [-0.39, 0.29) is 12.0 Å². The maximum absolute atomic E-state index is 11.5. The van der Waals surface area contributed by atoms with Gasteiger partial charge in [-0.25, -0.2) is 14.8 Å². The molecule has 0 saturated heterocycles. The smallest absolute Gasteiger partial charge is 0.333 e. The lowest BCUT2D eigenvalue weighted by atomic mass is 10.0. The summed E-state index contributed by atoms with van der Waals surface area (Å²) in [5.41, 5.74) is 1.77. The zero-order chi connectivity index (χ0) is 21.4. The van der Waals surface area contributed by atoms with Gasteiger partial charge in [-0.05, 0) is 12.5 Å². The Bertz CT molecular complexity index is 856. The number of hydrogen-bond acceptors (Lipinski definition) is 8. The zero-order valence-electron chi connectivity index (χ0n) is 17.7. The van der Waals surface area contributed by atoms with Crippen LogP contribution in [0.4, 0.5) is 0 Å². The highest BCUT2D eigenvalue weighted by molar-refractivity contribution is 7.14. The lowest BCUT2D eigenvalue weighted by molar-refractivity contribution is -0.135. The summed E-state index contributed by atoms with van der Waals surface area (Å²) in [4.78, 5) is 20.9. The molecule has 2 rings (SSSR count). The Morgan fingerprint density at radius 2 is 1.90 bits per heavy atom. The summed E-state index contributed by atoms with van der Waals surface area (Å²) in [7, 11) is 4.48. The summed E-state index contributed by atoms with van der Waals surface area (Å²) in [5.74, 6) is 0.323. The van der Waals surface area contributed by atoms with Gasteiger partial charge in [-0.1, -0.05) is 26.8 Å². The number of carbonyl (C=O) groups excluding carboxylic acids is 1. The quantitative estimate of drug-likeness (QED) is 0.291. The van der Waals surface area contributed by atoms with Crippen molar-refractivity contribution in [3.8, 4) is 10.7 Å². The Morgan fingerprint density at radius 3 is 2.52 bits per heavy atom. The van der Waals surface area contributed by atoms with Crippen molar-refractivity contribution in [1.82, 2.24) is 9.97 Å². The molecule has 0 bridgehead atoms. The number of ether oxygens (including phenoxy) is 3. The normalized spacial score (nSPS) is 15.3. The average Bonchev–Trinajstić information content (AvgIpc) is 3.41. The van der Waals surface area contributed by atoms with E-state index < -0.39 is 5.97 Å². The maximum Gasteiger partial charge on any atom is 0.333 e. The second-order valence-corrected chi connectivity index (χ2v) is 8.33. The molecule has 3 atom stereocenters. The van der Waals surface area contributed by atoms with Crippen LogP contribution in [0.15, 0.2) is 28.7 Å². The molecule has 0 N–H and O–H groups in total. The van der Waals surface area contributed by atoms with Crippen LogP contribution in [0.2, 0.25) is 0 Å². The molecule has 2 aromatic rings. The number of carbonyl (C=O) groups is 1. The Labute approximate surface area is 180 Å². The van der Waals surface area contributed by atoms with Crippen LogP contribution in [-0.4, -0.2) is 43.4 Å². The van der Waals surface area contributed by atoms with E-state index in [0.29, 0.717) is 11.7 Å². The standard InChI is InChI=1S/C21H28N2O4S2/c1-7-13(2)20-23-16(12-29-20)21-22-15(11-28-21)8-9-17(25-4)14(3)18(26-5)10-19(24)27-6/h8-14,17H,7H2,1-6H3/b9-8+,18-10+. The van der Waals surface area contributed by atoms with Gasteiger partial charge in [-0.3, -0.25) is 0 Å². The molecule has 2 aromatic heterocycles. The fraction of sp³-hybridized carbons (Fsp3) is 0.476. The summed E-state index contributed by atoms with van der Waals surface area (Å²) in [6, 6.07) is 0. The second kappa shape index (κ2) is 11.2. The van der Waals surface area contributed by atoms with Gasteiger partial charge in [0.05, 0.1) is 37.1 Å². The lowest BCUT2D eigenvalue weighted by Crippen LogP contribution is -2.21. The molecule has 0 fully saturated rings. The van der Waals surface area contributed by atoms with E-state index in [9.17, 15) is 4.79 Å². The summed E-state index contributed by atoms with van der Waals surface area (Å²) < 4.78 is 15.6. The molecule has 8 heteroatoms. The van der Waals surface area contributed by atoms with E-state index in [0.717, 1.165) is 27.8 Å². The van der Waals surface area contributed by atoms with Gasteiger partial charge in [0, 0.05) is 29.7 Å². The highest BCUT2D eigenvalue weighted by Gasteiger charge is 2.21. The van der Waals surface area contributed by atoms with Gasteiger partial charge < -0.3 is 14.2 Å². The Balaban J connectivity index is 2.13. The monoisotopic (exact) mass is 436 g/mol. The molecule has 2 heterocycles. The first-order valence-electron chi connectivity index (χ1n) is 9.39. The SMILES string of the molecule is CCC(C)c1nc(-c2nc(/C=C/C(OC)C(C)/C(=C\C(=O)OC)OC)cs2)cs1. The van der Waals surface area contributed by atoms with Gasteiger partial charge in [0.1, 0.15) is 16.5 Å². The Morgan fingerprint density at radius 1 is 1.14 bits per heavy atom. The van der Waals surface area contributed by atoms with Crippen molar-refractivity contribution in [3.63, 3.8) is 0 Å². The number of thiazole rings is 2. The Kier molecular flexibility index (Phi) is 9.00. The molecular formula is C21H28N2O4S2. The van der Waals surface area contributed by atoms with Crippen LogP contribution < -0.4 is 0 Å². The van der Waals surface area contributed by atoms with Crippen molar-refractivity contribution >= 4 is 34.7 Å². The summed E-state index contributed by atoms with van der Waals surface area (Å²) in [5, 5.41) is 6.11. The van der Waals surface area contributed by atoms with Gasteiger partial charge >= 0.3 is 5.97 Å². The predicted octanol–water partition coefficient (Wildman–Crippen LogP) is 5.15. The average molecular weight is 437 g/mol. The number of hydrogen-bond donors (Lipinski definition) is 0. The largest absolute Gasteiger partial charge is 0.500 e. The van der Waals surface area contributed by atoms with E-state index in [1.807, 2.05) is 24.5 Å². The molecular weight excluding hydrogens is 408 g/mol. The van der Waals surface area contributed by atoms with E-state index in [4.69, 9.17) is 14.5 Å². The van der Waals surface area contributed by atoms with Gasteiger partial charge in [0.25, 0.3) is 0 Å². The van der Waals surface area contributed by atoms with Crippen LogP contribution in [0, 0.1) is 5.92 Å². The molecule has 29 heavy (non-hydrogen) atoms. The molecule has 0 aromatic carbocycles. The highest BCUT2D eigenvalue weighted by atomic mass is 32.1. The minimum Gasteiger partial charge on any atom is -0.500 e. The van der Waals surface area contributed by atoms with Crippen LogP contribution in [-0.2, 0) is 19.0 Å². The molecule has 0 aliphatic carbocycles. The minimum absolute atomic E-state index is 0.171. The van der Waals surface area contributed by atoms with Crippen molar-refractivity contribution < 1.29 is 19.0 Å². The third kappa shape index (κ3) is 6.22. The van der Waals surface area contributed by atoms with Crippen LogP contribution in [0.1, 0.15) is 43.8 Å². The number of nitrogens with zero attached hydrogens (tertiary/aromatic N) is 2. The van der Waals surface area contributed by atoms with Gasteiger partial charge in [0.15, 0.2) is 0 Å². The number of esters is 1. The van der Waals surface area contributed by atoms with Gasteiger partial charge in [-0.15, -0.1) is 22.7 Å². The first-order chi connectivity index (χ1) is 13.9. The third-order valence-corrected chi connectivity index (χ3v) is 6.62. The van der Waals surface area contributed by atoms with Gasteiger partial charge in [0.2, 0.25) is 0 Å². The van der Waals surface area contributed by atoms with E-state index in [2.05, 4.69) is 28.9 Å². The van der Waals surface area contributed by atoms with E-state index >= 15 is 0 Å². The molecule has 0 spiro atoms. The van der Waals surface area contributed by atoms with E-state index in [1.54, 1.807) is 29.8 Å². The van der Waals surface area contributed by atoms with Gasteiger partial charge in [-0.2, -0.15) is 0 Å². The molecule has 158 valence electrons. The fourth-order valence-corrected chi connectivity index (χ4v) is 4.39. The topological polar surface area (TPSA) is 70.5 Å². The van der Waals surface area contributed by atoms with Crippen molar-refractivity contribution in [2.45, 2.75) is 39.2 Å². The Hall–Kier alpha value is -2.03. The van der Waals surface area contributed by atoms with Crippen molar-refractivity contribution in [3.05, 3.63) is 39.4 Å². The molecule has 0 aliphatic rings. The third-order valence-electron chi connectivity index (χ3n) is 4.66. The molecule has 0 radical (unpaired) electrons. The molecule has 0 saturated carbocycles. The van der Waals surface area contributed by atoms with Crippen molar-refractivity contribution in [2.24, 2.45) is 5.92 Å². The van der Waals surface area contributed by atoms with Crippen molar-refractivity contribution in [1.29, 1.82) is 0 Å². The fourth-order valence-electron chi connectivity index (χ4n) is 2.62. The number of rotatable bonds is 10. The van der Waals surface area contributed by atoms with Crippen LogP contribution in [0.25, 0.3) is 16.8 Å². The first-order valence-corrected chi connectivity index (χ1v) is 11.1. The number of aromatic nitrogens is 2. The predicted molar refractivity (Wildman–Crippen MR) is 118 cm³/mol. The first kappa shape index (κ1) is 23.3. The molecule has 6 nitrogen and oxygen atoms in total. The zero-order valence-corrected chi connectivity index (χ0v) is 19.3. The maximum atomic E-state index is 11.5. The van der Waals surface area contributed by atoms with Crippen LogP contribution in [0.3, 0.4) is 0 Å². The second-order valence-electron chi connectivity index (χ2n) is 6.58. The summed E-state index contributed by atoms with van der Waals surface area (Å²) in [6.45, 7) is 6.28. The van der Waals surface area contributed by atoms with Crippen molar-refractivity contribution in [2.75, 3.05) is 21.3 Å². The molecule has 3 unspecified atom stereocenters. The van der Waals surface area contributed by atoms with E-state index in [1.165, 1.54) is 20.3 Å². The number of methoxy groups -OCH3 is 3. The summed E-state index contributed by atoms with van der Waals surface area (Å²) >= 11 is 3.25. The van der Waals surface area contributed by atoms with Crippen LogP contribution in [0.5, 0.6) is 0 Å². The minimum atomic E-state index is -0.461. The van der Waals surface area contributed by atoms with Crippen LogP contribution >= 0.6 is 22.7 Å².